The molecule has 17 nitrogen and oxygen atoms in total. The van der Waals surface area contributed by atoms with Crippen molar-refractivity contribution in [1.29, 1.82) is 0 Å². The summed E-state index contributed by atoms with van der Waals surface area (Å²) in [4.78, 5) is 66.5. The predicted molar refractivity (Wildman–Crippen MR) is 230 cm³/mol. The molecule has 0 unspecified atom stereocenters. The molecule has 2 aliphatic rings. The third-order valence-corrected chi connectivity index (χ3v) is 12.1. The van der Waals surface area contributed by atoms with Crippen LogP contribution in [0.25, 0.3) is 5.65 Å². The molecule has 20 heteroatoms. The van der Waals surface area contributed by atoms with Crippen LogP contribution in [-0.4, -0.2) is 80.4 Å². The number of β-lactam (4-membered cyclic amide) rings is 1. The van der Waals surface area contributed by atoms with Gasteiger partial charge in [0.2, 0.25) is 5.82 Å². The highest BCUT2D eigenvalue weighted by Crippen LogP contribution is 2.41. The number of nitrogens with two attached hydrogens (primary N) is 2. The highest BCUT2D eigenvalue weighted by atomic mass is 127. The van der Waals surface area contributed by atoms with Gasteiger partial charge in [0.1, 0.15) is 55.0 Å². The first kappa shape index (κ1) is 44.5. The van der Waals surface area contributed by atoms with Crippen LogP contribution in [-0.2, 0) is 41.8 Å². The van der Waals surface area contributed by atoms with E-state index in [1.807, 2.05) is 60.7 Å². The van der Waals surface area contributed by atoms with Gasteiger partial charge in [0.05, 0.1) is 18.9 Å². The Morgan fingerprint density at radius 1 is 0.984 bits per heavy atom. The van der Waals surface area contributed by atoms with Crippen molar-refractivity contribution < 1.29 is 66.8 Å². The number of carbonyl (C=O) groups is 4. The molecule has 1 saturated heterocycles. The second-order valence-corrected chi connectivity index (χ2v) is 16.1. The molecule has 2 aliphatic heterocycles. The summed E-state index contributed by atoms with van der Waals surface area (Å²) < 4.78 is 20.5. The number of fused-ring (bicyclic) bond motifs is 2. The number of hydrogen-bond donors (Lipinski definition) is 3. The molecule has 5 N–H and O–H groups in total. The number of methoxy groups -OCH3 is 1. The number of halogens is 1. The van der Waals surface area contributed by atoms with Gasteiger partial charge >= 0.3 is 17.6 Å². The number of aromatic nitrogens is 4. The fourth-order valence-corrected chi connectivity index (χ4v) is 9.03. The zero-order valence-corrected chi connectivity index (χ0v) is 37.8. The molecule has 324 valence electrons. The first-order valence-corrected chi connectivity index (χ1v) is 21.1. The molecule has 5 heterocycles. The summed E-state index contributed by atoms with van der Waals surface area (Å²) in [6.07, 6.45) is 0.810. The molecule has 0 aliphatic carbocycles. The largest absolute Gasteiger partial charge is 1.00 e. The number of carbonyl (C=O) groups excluding carboxylic acids is 4. The van der Waals surface area contributed by atoms with E-state index < -0.39 is 41.3 Å². The summed E-state index contributed by atoms with van der Waals surface area (Å²) in [5.74, 6) is -1.82. The Kier molecular flexibility index (Phi) is 13.6. The lowest BCUT2D eigenvalue weighted by Crippen LogP contribution is -3.00. The number of aryl methyl sites for hydroxylation is 1. The third-order valence-electron chi connectivity index (χ3n) is 10.1. The Morgan fingerprint density at radius 3 is 2.29 bits per heavy atom. The van der Waals surface area contributed by atoms with Gasteiger partial charge in [-0.05, 0) is 35.7 Å². The molecule has 0 bridgehead atoms. The fourth-order valence-electron chi connectivity index (χ4n) is 7.15. The van der Waals surface area contributed by atoms with Gasteiger partial charge in [0.25, 0.3) is 11.8 Å². The molecule has 6 aromatic rings. The molecule has 3 aromatic heterocycles. The first-order valence-electron chi connectivity index (χ1n) is 19.1. The monoisotopic (exact) mass is 1000 g/mol. The average molecular weight is 1000 g/mol. The van der Waals surface area contributed by atoms with Gasteiger partial charge in [-0.25, -0.2) is 19.1 Å². The summed E-state index contributed by atoms with van der Waals surface area (Å²) in [5, 5.41) is 12.2. The van der Waals surface area contributed by atoms with Gasteiger partial charge in [-0.15, -0.1) is 23.1 Å². The number of nitrogens with one attached hydrogen (secondary N) is 1. The van der Waals surface area contributed by atoms with Gasteiger partial charge in [0.15, 0.2) is 22.5 Å². The number of hydrogen-bond acceptors (Lipinski definition) is 15. The number of benzene rings is 3. The normalized spacial score (nSPS) is 15.9. The quantitative estimate of drug-likeness (QED) is 0.0347. The molecule has 0 saturated carbocycles. The fraction of sp³-hybridized carbons (Fsp3) is 0.209. The summed E-state index contributed by atoms with van der Waals surface area (Å²) in [7, 11) is 2.83. The zero-order valence-electron chi connectivity index (χ0n) is 34.0. The first-order chi connectivity index (χ1) is 30.0. The number of thiazole rings is 1. The Morgan fingerprint density at radius 2 is 1.67 bits per heavy atom. The minimum Gasteiger partial charge on any atom is -1.00 e. The maximum atomic E-state index is 14.3. The minimum absolute atomic E-state index is 0. The van der Waals surface area contributed by atoms with Crippen LogP contribution in [0, 0.1) is 6.92 Å². The van der Waals surface area contributed by atoms with Crippen molar-refractivity contribution in [3.05, 3.63) is 147 Å². The number of anilines is 2. The Bertz CT molecular complexity index is 2710. The van der Waals surface area contributed by atoms with Crippen molar-refractivity contribution in [1.82, 2.24) is 24.8 Å². The number of nitrogen functional groups attached to an aromatic ring is 2. The lowest BCUT2D eigenvalue weighted by atomic mass is 10.0. The molecule has 2 atom stereocenters. The lowest BCUT2D eigenvalue weighted by Gasteiger charge is -2.49. The molecule has 8 rings (SSSR count). The minimum atomic E-state index is -1.03. The SMILES string of the molecule is CON=C(C(=O)N[C@@H]1C(=O)N2C(C(=O)OCc3ccc(OC)cc3)=C(C[n+]3cc(C(=O)OC(c4ccccc4)c4ccccc4)c(N)n4nc(C)cc43)CS[C@@H]12)c1csc(N)n1.[I-]. The Labute approximate surface area is 386 Å². The van der Waals surface area contributed by atoms with E-state index in [4.69, 9.17) is 30.5 Å². The number of ether oxygens (including phenoxy) is 3. The van der Waals surface area contributed by atoms with Crippen molar-refractivity contribution in [2.45, 2.75) is 37.6 Å². The summed E-state index contributed by atoms with van der Waals surface area (Å²) >= 11 is 2.46. The van der Waals surface area contributed by atoms with E-state index in [0.29, 0.717) is 28.2 Å². The number of nitrogens with zero attached hydrogens (tertiary/aromatic N) is 6. The van der Waals surface area contributed by atoms with Gasteiger partial charge in [-0.1, -0.05) is 87.6 Å². The van der Waals surface area contributed by atoms with Gasteiger partial charge < -0.3 is 59.8 Å². The standard InChI is InChI=1S/C43H39N9O8S2.HI/c1-24-18-32-50(20-30(37(44)52(32)48-24)41(55)60-36(26-10-6-4-7-11-26)27-12-8-5-9-13-27)19-28-22-61-40-34(47-38(53)33(49-58-3)31-23-62-43(45)46-31)39(54)51(40)35(28)42(56)59-21-25-14-16-29(57-2)17-15-25;/h4-18,20,23,34,36,40,44H,19,21-22H2,1-3H3,(H3,45,46,47,53);1H/t34-,40+;/m1./s1. The van der Waals surface area contributed by atoms with Crippen molar-refractivity contribution in [2.75, 3.05) is 31.4 Å². The second-order valence-electron chi connectivity index (χ2n) is 14.1. The van der Waals surface area contributed by atoms with E-state index in [9.17, 15) is 19.2 Å². The smallest absolute Gasteiger partial charge is 0.355 e. The topological polar surface area (TPSA) is 219 Å². The number of amides is 2. The van der Waals surface area contributed by atoms with Crippen molar-refractivity contribution in [3.63, 3.8) is 0 Å². The number of rotatable bonds is 14. The van der Waals surface area contributed by atoms with E-state index in [0.717, 1.165) is 22.5 Å². The Balaban J connectivity index is 0.00000595. The van der Waals surface area contributed by atoms with Crippen LogP contribution in [0.4, 0.5) is 10.9 Å². The predicted octanol–water partition coefficient (Wildman–Crippen LogP) is 0.958. The van der Waals surface area contributed by atoms with Crippen molar-refractivity contribution >= 4 is 69.2 Å². The van der Waals surface area contributed by atoms with Crippen molar-refractivity contribution in [2.24, 2.45) is 5.16 Å². The van der Waals surface area contributed by atoms with Crippen molar-refractivity contribution in [3.8, 4) is 5.75 Å². The number of esters is 2. The van der Waals surface area contributed by atoms with Crippen LogP contribution >= 0.6 is 23.1 Å². The zero-order chi connectivity index (χ0) is 43.5. The van der Waals surface area contributed by atoms with E-state index in [1.165, 1.54) is 28.3 Å². The van der Waals surface area contributed by atoms with Crippen LogP contribution in [0.1, 0.15) is 44.5 Å². The van der Waals surface area contributed by atoms with Crippen LogP contribution in [0.3, 0.4) is 0 Å². The van der Waals surface area contributed by atoms with Crippen LogP contribution in [0.2, 0.25) is 0 Å². The molecule has 63 heavy (non-hydrogen) atoms. The van der Waals surface area contributed by atoms with E-state index in [1.54, 1.807) is 60.5 Å². The molecule has 0 spiro atoms. The Hall–Kier alpha value is -6.52. The summed E-state index contributed by atoms with van der Waals surface area (Å²) in [6, 6.07) is 26.5. The number of oxime groups is 1. The highest BCUT2D eigenvalue weighted by Gasteiger charge is 2.55. The van der Waals surface area contributed by atoms with Crippen LogP contribution in [0.5, 0.6) is 5.75 Å². The molecule has 1 fully saturated rings. The molecule has 2 amide bonds. The van der Waals surface area contributed by atoms with Gasteiger partial charge in [-0.2, -0.15) is 0 Å². The molecule has 0 radical (unpaired) electrons. The summed E-state index contributed by atoms with van der Waals surface area (Å²) in [5.41, 5.74) is 16.3. The van der Waals surface area contributed by atoms with Gasteiger partial charge in [-0.3, -0.25) is 14.5 Å². The van der Waals surface area contributed by atoms with Crippen LogP contribution in [0.15, 0.2) is 119 Å². The molecular formula is C43H40IN9O8S2. The molecule has 3 aromatic carbocycles. The van der Waals surface area contributed by atoms with E-state index in [2.05, 4.69) is 20.6 Å². The lowest BCUT2D eigenvalue weighted by molar-refractivity contribution is -0.666. The number of thioether (sulfide) groups is 1. The van der Waals surface area contributed by atoms with E-state index in [-0.39, 0.29) is 76.5 Å². The second kappa shape index (κ2) is 19.3. The average Bonchev–Trinajstić information content (AvgIpc) is 3.92. The van der Waals surface area contributed by atoms with E-state index >= 15 is 0 Å². The third kappa shape index (κ3) is 9.18. The maximum Gasteiger partial charge on any atom is 0.355 e. The van der Waals surface area contributed by atoms with Gasteiger partial charge in [0, 0.05) is 16.7 Å². The molecular weight excluding hydrogens is 962 g/mol. The van der Waals surface area contributed by atoms with Crippen LogP contribution < -0.4 is 50.1 Å². The maximum absolute atomic E-state index is 14.3. The highest BCUT2D eigenvalue weighted by molar-refractivity contribution is 8.00. The summed E-state index contributed by atoms with van der Waals surface area (Å²) in [6.45, 7) is 1.70.